The van der Waals surface area contributed by atoms with E-state index >= 15 is 0 Å². The van der Waals surface area contributed by atoms with Crippen molar-refractivity contribution in [2.45, 2.75) is 31.7 Å². The first-order valence-corrected chi connectivity index (χ1v) is 8.96. The predicted molar refractivity (Wildman–Crippen MR) is 98.5 cm³/mol. The number of amides is 2. The van der Waals surface area contributed by atoms with Crippen LogP contribution in [0.2, 0.25) is 0 Å². The van der Waals surface area contributed by atoms with Gasteiger partial charge in [0.25, 0.3) is 0 Å². The Bertz CT molecular complexity index is 787. The number of hydrogen-bond donors (Lipinski definition) is 3. The number of benzene rings is 1. The molecule has 1 aliphatic heterocycles. The van der Waals surface area contributed by atoms with E-state index in [0.29, 0.717) is 5.92 Å². The molecule has 2 amide bonds. The second kappa shape index (κ2) is 6.19. The molecule has 2 fully saturated rings. The minimum Gasteiger partial charge on any atom is -0.331 e. The van der Waals surface area contributed by atoms with Crippen LogP contribution < -0.4 is 16.0 Å². The molecular formula is C19H25N5O. The number of hydrogen-bond acceptors (Lipinski definition) is 3. The van der Waals surface area contributed by atoms with Crippen molar-refractivity contribution >= 4 is 11.7 Å². The number of anilines is 1. The molecule has 2 aromatic rings. The fourth-order valence-corrected chi connectivity index (χ4v) is 4.31. The van der Waals surface area contributed by atoms with Crippen LogP contribution in [0.15, 0.2) is 30.5 Å². The number of carbonyl (C=O) groups excluding carboxylic acids is 1. The maximum atomic E-state index is 12.7. The van der Waals surface area contributed by atoms with E-state index in [1.807, 2.05) is 36.9 Å². The molecule has 1 saturated heterocycles. The molecule has 2 heterocycles. The van der Waals surface area contributed by atoms with Gasteiger partial charge in [-0.2, -0.15) is 5.10 Å². The van der Waals surface area contributed by atoms with Crippen molar-refractivity contribution in [2.75, 3.05) is 18.4 Å². The largest absolute Gasteiger partial charge is 0.331 e. The average Bonchev–Trinajstić information content (AvgIpc) is 3.25. The Morgan fingerprint density at radius 2 is 2.28 bits per heavy atom. The van der Waals surface area contributed by atoms with Crippen molar-refractivity contribution in [3.05, 3.63) is 36.0 Å². The lowest BCUT2D eigenvalue weighted by Gasteiger charge is -2.30. The standard InChI is InChI=1S/C19H25N5O/c1-13-5-6-14(17-7-9-21-24(17)2)10-16(13)22-18(25)23-19-8-3-4-15(19)11-20-12-19/h5-7,9-10,15,20H,3-4,8,11-12H2,1-2H3,(H2,22,23,25)/t15-,19-/m0/s1. The summed E-state index contributed by atoms with van der Waals surface area (Å²) in [6, 6.07) is 7.97. The van der Waals surface area contributed by atoms with Gasteiger partial charge in [0.1, 0.15) is 0 Å². The highest BCUT2D eigenvalue weighted by Crippen LogP contribution is 2.38. The molecule has 0 radical (unpaired) electrons. The van der Waals surface area contributed by atoms with E-state index in [2.05, 4.69) is 27.1 Å². The van der Waals surface area contributed by atoms with E-state index in [0.717, 1.165) is 42.0 Å². The second-order valence-electron chi connectivity index (χ2n) is 7.33. The van der Waals surface area contributed by atoms with E-state index in [1.165, 1.54) is 12.8 Å². The second-order valence-corrected chi connectivity index (χ2v) is 7.33. The SMILES string of the molecule is Cc1ccc(-c2ccnn2C)cc1NC(=O)N[C@]12CCC[C@H]1CNC2. The fraction of sp³-hybridized carbons (Fsp3) is 0.474. The number of urea groups is 1. The monoisotopic (exact) mass is 339 g/mol. The molecule has 3 N–H and O–H groups in total. The summed E-state index contributed by atoms with van der Waals surface area (Å²) in [6.45, 7) is 3.89. The first kappa shape index (κ1) is 16.1. The van der Waals surface area contributed by atoms with Crippen LogP contribution in [0.3, 0.4) is 0 Å². The van der Waals surface area contributed by atoms with Gasteiger partial charge in [-0.1, -0.05) is 18.6 Å². The summed E-state index contributed by atoms with van der Waals surface area (Å²) in [5.74, 6) is 0.556. The summed E-state index contributed by atoms with van der Waals surface area (Å²) in [7, 11) is 1.92. The zero-order valence-corrected chi connectivity index (χ0v) is 14.8. The first-order valence-electron chi connectivity index (χ1n) is 8.96. The number of nitrogens with one attached hydrogen (secondary N) is 3. The summed E-state index contributed by atoms with van der Waals surface area (Å²) in [5.41, 5.74) is 3.88. The zero-order chi connectivity index (χ0) is 17.4. The van der Waals surface area contributed by atoms with E-state index in [9.17, 15) is 4.79 Å². The van der Waals surface area contributed by atoms with Crippen LogP contribution in [0.4, 0.5) is 10.5 Å². The number of fused-ring (bicyclic) bond motifs is 1. The van der Waals surface area contributed by atoms with Gasteiger partial charge in [-0.15, -0.1) is 0 Å². The average molecular weight is 339 g/mol. The van der Waals surface area contributed by atoms with Crippen molar-refractivity contribution in [3.8, 4) is 11.3 Å². The molecule has 1 aromatic heterocycles. The molecule has 6 heteroatoms. The van der Waals surface area contributed by atoms with Gasteiger partial charge >= 0.3 is 6.03 Å². The molecule has 0 bridgehead atoms. The number of nitrogens with zero attached hydrogens (tertiary/aromatic N) is 2. The lowest BCUT2D eigenvalue weighted by atomic mass is 9.91. The molecule has 132 valence electrons. The molecule has 0 unspecified atom stereocenters. The fourth-order valence-electron chi connectivity index (χ4n) is 4.31. The van der Waals surface area contributed by atoms with Crippen LogP contribution >= 0.6 is 0 Å². The van der Waals surface area contributed by atoms with E-state index in [4.69, 9.17) is 0 Å². The number of rotatable bonds is 3. The minimum atomic E-state index is -0.110. The van der Waals surface area contributed by atoms with Crippen molar-refractivity contribution in [1.82, 2.24) is 20.4 Å². The summed E-state index contributed by atoms with van der Waals surface area (Å²) >= 11 is 0. The summed E-state index contributed by atoms with van der Waals surface area (Å²) in [4.78, 5) is 12.7. The highest BCUT2D eigenvalue weighted by Gasteiger charge is 2.47. The van der Waals surface area contributed by atoms with Crippen molar-refractivity contribution in [2.24, 2.45) is 13.0 Å². The maximum absolute atomic E-state index is 12.7. The van der Waals surface area contributed by atoms with Gasteiger partial charge in [0.05, 0.1) is 11.2 Å². The van der Waals surface area contributed by atoms with Crippen LogP contribution in [0.1, 0.15) is 24.8 Å². The van der Waals surface area contributed by atoms with Gasteiger partial charge in [0.15, 0.2) is 0 Å². The predicted octanol–water partition coefficient (Wildman–Crippen LogP) is 2.66. The van der Waals surface area contributed by atoms with Crippen LogP contribution in [-0.4, -0.2) is 34.4 Å². The number of aromatic nitrogens is 2. The Kier molecular flexibility index (Phi) is 4.00. The molecule has 0 spiro atoms. The molecule has 6 nitrogen and oxygen atoms in total. The lowest BCUT2D eigenvalue weighted by Crippen LogP contribution is -2.53. The highest BCUT2D eigenvalue weighted by molar-refractivity contribution is 5.91. The van der Waals surface area contributed by atoms with Crippen LogP contribution in [0.5, 0.6) is 0 Å². The smallest absolute Gasteiger partial charge is 0.319 e. The van der Waals surface area contributed by atoms with Gasteiger partial charge in [-0.05, 0) is 43.4 Å². The van der Waals surface area contributed by atoms with E-state index in [1.54, 1.807) is 6.20 Å². The number of aryl methyl sites for hydroxylation is 2. The molecule has 1 aromatic carbocycles. The van der Waals surface area contributed by atoms with Gasteiger partial charge < -0.3 is 16.0 Å². The molecular weight excluding hydrogens is 314 g/mol. The van der Waals surface area contributed by atoms with Gasteiger partial charge in [0.2, 0.25) is 0 Å². The highest BCUT2D eigenvalue weighted by atomic mass is 16.2. The Hall–Kier alpha value is -2.34. The molecule has 4 rings (SSSR count). The normalized spacial score (nSPS) is 25.0. The topological polar surface area (TPSA) is 71.0 Å². The third-order valence-electron chi connectivity index (χ3n) is 5.75. The third-order valence-corrected chi connectivity index (χ3v) is 5.75. The van der Waals surface area contributed by atoms with Crippen molar-refractivity contribution < 1.29 is 4.79 Å². The van der Waals surface area contributed by atoms with Crippen LogP contribution in [-0.2, 0) is 7.05 Å². The van der Waals surface area contributed by atoms with Crippen LogP contribution in [0.25, 0.3) is 11.3 Å². The van der Waals surface area contributed by atoms with Crippen molar-refractivity contribution in [1.29, 1.82) is 0 Å². The van der Waals surface area contributed by atoms with Crippen LogP contribution in [0, 0.1) is 12.8 Å². The maximum Gasteiger partial charge on any atom is 0.319 e. The third kappa shape index (κ3) is 2.91. The van der Waals surface area contributed by atoms with Gasteiger partial charge in [-0.3, -0.25) is 4.68 Å². The summed E-state index contributed by atoms with van der Waals surface area (Å²) < 4.78 is 1.83. The van der Waals surface area contributed by atoms with Gasteiger partial charge in [0, 0.05) is 37.6 Å². The van der Waals surface area contributed by atoms with Gasteiger partial charge in [-0.25, -0.2) is 4.79 Å². The Balaban J connectivity index is 1.52. The zero-order valence-electron chi connectivity index (χ0n) is 14.8. The first-order chi connectivity index (χ1) is 12.1. The summed E-state index contributed by atoms with van der Waals surface area (Å²) in [5, 5.41) is 14.0. The molecule has 2 atom stereocenters. The Labute approximate surface area is 148 Å². The molecule has 1 saturated carbocycles. The molecule has 25 heavy (non-hydrogen) atoms. The Morgan fingerprint density at radius 1 is 1.40 bits per heavy atom. The number of carbonyl (C=O) groups is 1. The van der Waals surface area contributed by atoms with E-state index in [-0.39, 0.29) is 11.6 Å². The van der Waals surface area contributed by atoms with E-state index < -0.39 is 0 Å². The molecule has 1 aliphatic carbocycles. The van der Waals surface area contributed by atoms with Crippen molar-refractivity contribution in [3.63, 3.8) is 0 Å². The quantitative estimate of drug-likeness (QED) is 0.805. The molecule has 2 aliphatic rings. The Morgan fingerprint density at radius 3 is 3.08 bits per heavy atom. The summed E-state index contributed by atoms with van der Waals surface area (Å²) in [6.07, 6.45) is 5.23. The minimum absolute atomic E-state index is 0.0718. The lowest BCUT2D eigenvalue weighted by molar-refractivity contribution is 0.232.